The molecule has 3 rings (SSSR count). The molecule has 3 aromatic carbocycles. The standard InChI is InChI=1S/C24H42.C16H26.C12H18.C9H18O2/c1-6-7-8-9-10-11-12-13-14-15-16-22-17-19-23(20-18-22)21(2)24(3,4)5;1-12(15(2,3)4)13-8-10-14(11-9-13)16(5,6)7;1-10(12(2,3)4)11-8-6-5-7-9-11;1-6-11-8(10)7(2)9(3,4)5/h17-21H,6-16H2,1-5H3;8-12H,1-7H3;5-10H,1-4H3;7H,6H2,1-5H3. The van der Waals surface area contributed by atoms with Crippen LogP contribution in [-0.2, 0) is 21.4 Å². The Labute approximate surface area is 394 Å². The summed E-state index contributed by atoms with van der Waals surface area (Å²) >= 11 is 0. The van der Waals surface area contributed by atoms with E-state index in [2.05, 4.69) is 190 Å². The smallest absolute Gasteiger partial charge is 0.309 e. The Morgan fingerprint density at radius 2 is 0.794 bits per heavy atom. The Balaban J connectivity index is 0.000000858. The SMILES string of the molecule is CC(c1ccc(C(C)(C)C)cc1)C(C)(C)C.CC(c1ccccc1)C(C)(C)C.CCCCCCCCCCCCc1ccc(C(C)C(C)(C)C)cc1.CCOC(=O)C(C)C(C)(C)C. The van der Waals surface area contributed by atoms with Gasteiger partial charge in [-0.2, -0.15) is 0 Å². The van der Waals surface area contributed by atoms with Gasteiger partial charge in [0.05, 0.1) is 12.5 Å². The second-order valence-electron chi connectivity index (χ2n) is 24.1. The highest BCUT2D eigenvalue weighted by Crippen LogP contribution is 2.37. The Hall–Kier alpha value is -2.87. The molecule has 0 N–H and O–H groups in total. The lowest BCUT2D eigenvalue weighted by molar-refractivity contribution is -0.150. The van der Waals surface area contributed by atoms with E-state index in [1.807, 2.05) is 34.6 Å². The van der Waals surface area contributed by atoms with Crippen molar-refractivity contribution < 1.29 is 9.53 Å². The van der Waals surface area contributed by atoms with Crippen LogP contribution in [-0.4, -0.2) is 12.6 Å². The maximum Gasteiger partial charge on any atom is 0.309 e. The van der Waals surface area contributed by atoms with Crippen molar-refractivity contribution >= 4 is 5.97 Å². The Bertz CT molecular complexity index is 1580. The average molecular weight is 870 g/mol. The molecule has 4 atom stereocenters. The van der Waals surface area contributed by atoms with Crippen LogP contribution in [0.2, 0.25) is 0 Å². The van der Waals surface area contributed by atoms with Crippen molar-refractivity contribution in [2.75, 3.05) is 6.61 Å². The Kier molecular flexibility index (Phi) is 27.6. The van der Waals surface area contributed by atoms with Crippen molar-refractivity contribution in [3.8, 4) is 0 Å². The normalized spacial score (nSPS) is 14.0. The lowest BCUT2D eigenvalue weighted by Gasteiger charge is -2.28. The molecular formula is C61H104O2. The fraction of sp³-hybridized carbons (Fsp3) is 0.689. The van der Waals surface area contributed by atoms with Crippen molar-refractivity contribution in [1.82, 2.24) is 0 Å². The number of rotatable bonds is 16. The summed E-state index contributed by atoms with van der Waals surface area (Å²) in [4.78, 5) is 11.2. The molecule has 2 heteroatoms. The number of carbonyl (C=O) groups is 1. The zero-order valence-electron chi connectivity index (χ0n) is 45.6. The predicted molar refractivity (Wildman–Crippen MR) is 282 cm³/mol. The molecule has 0 aliphatic heterocycles. The van der Waals surface area contributed by atoms with E-state index in [9.17, 15) is 4.79 Å². The molecule has 0 saturated heterocycles. The Morgan fingerprint density at radius 3 is 1.13 bits per heavy atom. The van der Waals surface area contributed by atoms with Gasteiger partial charge < -0.3 is 4.74 Å². The molecule has 0 saturated carbocycles. The number of aryl methyl sites for hydroxylation is 1. The van der Waals surface area contributed by atoms with Crippen molar-refractivity contribution in [3.05, 3.63) is 107 Å². The highest BCUT2D eigenvalue weighted by atomic mass is 16.5. The van der Waals surface area contributed by atoms with E-state index >= 15 is 0 Å². The summed E-state index contributed by atoms with van der Waals surface area (Å²) in [6.07, 6.45) is 15.4. The number of hydrogen-bond acceptors (Lipinski definition) is 2. The van der Waals surface area contributed by atoms with Crippen LogP contribution < -0.4 is 0 Å². The van der Waals surface area contributed by atoms with Crippen molar-refractivity contribution in [1.29, 1.82) is 0 Å². The summed E-state index contributed by atoms with van der Waals surface area (Å²) in [7, 11) is 0. The number of esters is 1. The first-order valence-electron chi connectivity index (χ1n) is 25.4. The molecule has 0 spiro atoms. The minimum atomic E-state index is -0.0972. The number of ether oxygens (including phenoxy) is 1. The summed E-state index contributed by atoms with van der Waals surface area (Å²) in [5, 5.41) is 0. The van der Waals surface area contributed by atoms with Gasteiger partial charge in [-0.15, -0.1) is 0 Å². The molecule has 360 valence electrons. The van der Waals surface area contributed by atoms with Crippen molar-refractivity contribution in [3.63, 3.8) is 0 Å². The summed E-state index contributed by atoms with van der Waals surface area (Å²) < 4.78 is 4.89. The Morgan fingerprint density at radius 1 is 0.444 bits per heavy atom. The van der Waals surface area contributed by atoms with Crippen molar-refractivity contribution in [2.45, 2.75) is 239 Å². The molecule has 4 unspecified atom stereocenters. The molecule has 2 nitrogen and oxygen atoms in total. The molecule has 0 aliphatic carbocycles. The van der Waals surface area contributed by atoms with E-state index in [1.54, 1.807) is 0 Å². The molecular weight excluding hydrogens is 765 g/mol. The molecule has 0 heterocycles. The third-order valence-corrected chi connectivity index (χ3v) is 13.7. The van der Waals surface area contributed by atoms with E-state index in [0.717, 1.165) is 0 Å². The van der Waals surface area contributed by atoms with Crippen LogP contribution in [0.5, 0.6) is 0 Å². The molecule has 0 bridgehead atoms. The monoisotopic (exact) mass is 869 g/mol. The third-order valence-electron chi connectivity index (χ3n) is 13.7. The van der Waals surface area contributed by atoms with Crippen LogP contribution >= 0.6 is 0 Å². The number of carbonyl (C=O) groups excluding carboxylic acids is 1. The van der Waals surface area contributed by atoms with E-state index in [1.165, 1.54) is 98.4 Å². The van der Waals surface area contributed by atoms with Gasteiger partial charge in [-0.3, -0.25) is 4.79 Å². The molecule has 0 radical (unpaired) electrons. The lowest BCUT2D eigenvalue weighted by atomic mass is 9.77. The largest absolute Gasteiger partial charge is 0.466 e. The highest BCUT2D eigenvalue weighted by Gasteiger charge is 2.28. The predicted octanol–water partition coefficient (Wildman–Crippen LogP) is 19.5. The minimum Gasteiger partial charge on any atom is -0.466 e. The maximum absolute atomic E-state index is 11.2. The summed E-state index contributed by atoms with van der Waals surface area (Å²) in [5.41, 5.74) is 8.59. The van der Waals surface area contributed by atoms with E-state index in [-0.39, 0.29) is 22.7 Å². The second kappa shape index (κ2) is 28.9. The number of benzene rings is 3. The summed E-state index contributed by atoms with van der Waals surface area (Å²) in [5.74, 6) is 1.71. The highest BCUT2D eigenvalue weighted by molar-refractivity contribution is 5.72. The van der Waals surface area contributed by atoms with Gasteiger partial charge in [-0.05, 0) is 92.4 Å². The quantitative estimate of drug-likeness (QED) is 0.106. The fourth-order valence-electron chi connectivity index (χ4n) is 6.92. The topological polar surface area (TPSA) is 26.3 Å². The van der Waals surface area contributed by atoms with Gasteiger partial charge in [0.25, 0.3) is 0 Å². The summed E-state index contributed by atoms with van der Waals surface area (Å²) in [6, 6.07) is 29.2. The molecule has 0 fully saturated rings. The van der Waals surface area contributed by atoms with Gasteiger partial charge in [-0.1, -0.05) is 275 Å². The van der Waals surface area contributed by atoms with Crippen LogP contribution in [0.4, 0.5) is 0 Å². The van der Waals surface area contributed by atoms with Gasteiger partial charge in [0, 0.05) is 0 Å². The van der Waals surface area contributed by atoms with Gasteiger partial charge in [-0.25, -0.2) is 0 Å². The van der Waals surface area contributed by atoms with Crippen molar-refractivity contribution in [2.24, 2.45) is 27.6 Å². The van der Waals surface area contributed by atoms with Gasteiger partial charge >= 0.3 is 5.97 Å². The molecule has 0 aliphatic rings. The van der Waals surface area contributed by atoms with Crippen LogP contribution in [0.1, 0.15) is 255 Å². The van der Waals surface area contributed by atoms with Crippen LogP contribution in [0.15, 0.2) is 78.9 Å². The first kappa shape index (κ1) is 60.1. The van der Waals surface area contributed by atoms with Crippen LogP contribution in [0.3, 0.4) is 0 Å². The molecule has 0 amide bonds. The van der Waals surface area contributed by atoms with Crippen LogP contribution in [0, 0.1) is 27.6 Å². The molecule has 0 aromatic heterocycles. The second-order valence-corrected chi connectivity index (χ2v) is 24.1. The van der Waals surface area contributed by atoms with Gasteiger partial charge in [0.15, 0.2) is 0 Å². The number of unbranched alkanes of at least 4 members (excludes halogenated alkanes) is 9. The summed E-state index contributed by atoms with van der Waals surface area (Å²) in [6.45, 7) is 47.1. The average Bonchev–Trinajstić information content (AvgIpc) is 3.20. The van der Waals surface area contributed by atoms with E-state index in [4.69, 9.17) is 4.74 Å². The zero-order chi connectivity index (χ0) is 48.7. The molecule has 63 heavy (non-hydrogen) atoms. The third kappa shape index (κ3) is 26.0. The minimum absolute atomic E-state index is 0.00620. The van der Waals surface area contributed by atoms with Gasteiger partial charge in [0.1, 0.15) is 0 Å². The lowest BCUT2D eigenvalue weighted by Crippen LogP contribution is -2.27. The maximum atomic E-state index is 11.2. The first-order chi connectivity index (χ1) is 29.0. The first-order valence-corrected chi connectivity index (χ1v) is 25.4. The van der Waals surface area contributed by atoms with E-state index in [0.29, 0.717) is 40.6 Å². The molecule has 3 aromatic rings. The van der Waals surface area contributed by atoms with E-state index < -0.39 is 0 Å². The number of hydrogen-bond donors (Lipinski definition) is 0. The fourth-order valence-corrected chi connectivity index (χ4v) is 6.92. The zero-order valence-corrected chi connectivity index (χ0v) is 45.6. The van der Waals surface area contributed by atoms with Crippen LogP contribution in [0.25, 0.3) is 0 Å². The van der Waals surface area contributed by atoms with Gasteiger partial charge in [0.2, 0.25) is 0 Å².